The molecule has 2 fully saturated rings. The number of hydrogen-bond acceptors (Lipinski definition) is 10. The normalized spacial score (nSPS) is 20.6. The van der Waals surface area contributed by atoms with Crippen LogP contribution < -0.4 is 4.18 Å². The van der Waals surface area contributed by atoms with E-state index < -0.39 is 50.2 Å². The van der Waals surface area contributed by atoms with Gasteiger partial charge in [0.2, 0.25) is 5.88 Å². The Bertz CT molecular complexity index is 2890. The second kappa shape index (κ2) is 18.9. The minimum absolute atomic E-state index is 0.0191. The van der Waals surface area contributed by atoms with Gasteiger partial charge in [-0.05, 0) is 116 Å². The lowest BCUT2D eigenvalue weighted by molar-refractivity contribution is -0.0501. The Labute approximate surface area is 377 Å². The molecule has 18 heteroatoms. The van der Waals surface area contributed by atoms with Crippen LogP contribution in [0.15, 0.2) is 84.9 Å². The molecule has 0 saturated heterocycles. The zero-order valence-corrected chi connectivity index (χ0v) is 37.1. The van der Waals surface area contributed by atoms with E-state index in [1.807, 2.05) is 12.1 Å². The average Bonchev–Trinajstić information content (AvgIpc) is 4.07. The number of nitriles is 1. The monoisotopic (exact) mass is 931 g/mol. The zero-order chi connectivity index (χ0) is 47.6. The van der Waals surface area contributed by atoms with Gasteiger partial charge in [0.25, 0.3) is 0 Å². The van der Waals surface area contributed by atoms with Gasteiger partial charge in [-0.25, -0.2) is 27.5 Å². The first kappa shape index (κ1) is 47.6. The summed E-state index contributed by atoms with van der Waals surface area (Å²) in [4.78, 5) is 8.54. The molecule has 6 aromatic rings. The molecule has 0 aliphatic heterocycles. The van der Waals surface area contributed by atoms with Crippen LogP contribution in [0.25, 0.3) is 22.5 Å². The summed E-state index contributed by atoms with van der Waals surface area (Å²) >= 11 is 0. The predicted molar refractivity (Wildman–Crippen MR) is 230 cm³/mol. The first-order valence-corrected chi connectivity index (χ1v) is 22.9. The first-order chi connectivity index (χ1) is 31.5. The zero-order valence-electron chi connectivity index (χ0n) is 36.3. The third kappa shape index (κ3) is 8.72. The van der Waals surface area contributed by atoms with E-state index in [1.54, 1.807) is 24.3 Å². The maximum absolute atomic E-state index is 14.2. The predicted octanol–water partition coefficient (Wildman–Crippen LogP) is 11.7. The van der Waals surface area contributed by atoms with Gasteiger partial charge < -0.3 is 4.18 Å². The Morgan fingerprint density at radius 2 is 1.06 bits per heavy atom. The van der Waals surface area contributed by atoms with Gasteiger partial charge >= 0.3 is 15.6 Å². The van der Waals surface area contributed by atoms with Crippen LogP contribution >= 0.6 is 0 Å². The molecule has 10 nitrogen and oxygen atoms in total. The van der Waals surface area contributed by atoms with Crippen LogP contribution in [0.4, 0.5) is 30.7 Å². The van der Waals surface area contributed by atoms with Gasteiger partial charge in [0.15, 0.2) is 0 Å². The van der Waals surface area contributed by atoms with Crippen LogP contribution in [0.2, 0.25) is 0 Å². The second-order valence-corrected chi connectivity index (χ2v) is 18.1. The smallest absolute Gasteiger partial charge is 0.355 e. The molecule has 4 atom stereocenters. The molecule has 0 spiro atoms. The number of halogens is 7. The van der Waals surface area contributed by atoms with E-state index in [1.165, 1.54) is 43.2 Å². The van der Waals surface area contributed by atoms with E-state index >= 15 is 0 Å². The van der Waals surface area contributed by atoms with Crippen LogP contribution in [0.1, 0.15) is 130 Å². The van der Waals surface area contributed by atoms with Gasteiger partial charge in [-0.3, -0.25) is 0 Å². The summed E-state index contributed by atoms with van der Waals surface area (Å²) in [6.45, 7) is 8.50. The van der Waals surface area contributed by atoms with Gasteiger partial charge in [-0.2, -0.15) is 37.0 Å². The minimum atomic E-state index is -5.87. The third-order valence-electron chi connectivity index (χ3n) is 11.9. The summed E-state index contributed by atoms with van der Waals surface area (Å²) in [7, 11) is -5.87. The highest BCUT2D eigenvalue weighted by atomic mass is 32.2. The lowest BCUT2D eigenvalue weighted by Gasteiger charge is -2.27. The van der Waals surface area contributed by atoms with E-state index in [9.17, 15) is 44.4 Å². The highest BCUT2D eigenvalue weighted by Crippen LogP contribution is 2.60. The van der Waals surface area contributed by atoms with Crippen LogP contribution in [0.5, 0.6) is 5.88 Å². The largest absolute Gasteiger partial charge is 0.534 e. The molecule has 4 bridgehead atoms. The average molecular weight is 932 g/mol. The fourth-order valence-corrected chi connectivity index (χ4v) is 9.73. The van der Waals surface area contributed by atoms with E-state index in [0.717, 1.165) is 60.0 Å². The molecule has 10 rings (SSSR count). The third-order valence-corrected chi connectivity index (χ3v) is 12.9. The van der Waals surface area contributed by atoms with Crippen molar-refractivity contribution in [1.29, 1.82) is 5.26 Å². The van der Waals surface area contributed by atoms with E-state index in [4.69, 9.17) is 0 Å². The summed E-state index contributed by atoms with van der Waals surface area (Å²) < 4.78 is 122. The van der Waals surface area contributed by atoms with Crippen molar-refractivity contribution >= 4 is 10.1 Å². The minimum Gasteiger partial charge on any atom is -0.355 e. The van der Waals surface area contributed by atoms with Crippen molar-refractivity contribution in [2.24, 2.45) is 0 Å². The Kier molecular flexibility index (Phi) is 13.6. The summed E-state index contributed by atoms with van der Waals surface area (Å²) in [6.07, 6.45) is 6.91. The fourth-order valence-electron chi connectivity index (χ4n) is 9.32. The van der Waals surface area contributed by atoms with Crippen LogP contribution in [0.3, 0.4) is 0 Å². The molecule has 0 N–H and O–H groups in total. The molecular formula is C48H44F7N7O3S. The highest BCUT2D eigenvalue weighted by molar-refractivity contribution is 7.87. The van der Waals surface area contributed by atoms with Crippen LogP contribution in [0, 0.1) is 34.6 Å². The highest BCUT2D eigenvalue weighted by Gasteiger charge is 2.55. The van der Waals surface area contributed by atoms with Crippen molar-refractivity contribution in [2.45, 2.75) is 107 Å². The maximum Gasteiger partial charge on any atom is 0.534 e. The van der Waals surface area contributed by atoms with Gasteiger partial charge in [0.1, 0.15) is 35.0 Å². The molecule has 344 valence electrons. The molecule has 0 unspecified atom stereocenters. The summed E-state index contributed by atoms with van der Waals surface area (Å²) in [5, 5.41) is 26.0. The Hall–Kier alpha value is -6.35. The first-order valence-electron chi connectivity index (χ1n) is 21.5. The van der Waals surface area contributed by atoms with Crippen LogP contribution in [-0.4, -0.2) is 44.3 Å². The lowest BCUT2D eigenvalue weighted by Crippen LogP contribution is -2.29. The van der Waals surface area contributed by atoms with Crippen molar-refractivity contribution in [3.05, 3.63) is 148 Å². The number of benzene rings is 2. The van der Waals surface area contributed by atoms with Gasteiger partial charge in [0, 0.05) is 6.07 Å². The quantitative estimate of drug-likeness (QED) is 0.0899. The number of rotatable bonds is 6. The molecule has 2 aromatic carbocycles. The molecular weight excluding hydrogens is 888 g/mol. The number of hydrogen-bond donors (Lipinski definition) is 0. The standard InChI is InChI=1S/C21H14F5N3O3S.C21H14F2N4.2C3H8/c22-13-3-1-4-14(23)18(13)15-9-12-11-7-8-20(10-11,19(12)29-28-15)16-5-2-6-17(27-16)32-33(30,31)21(24,25)26;22-15-4-2-5-16(23)19(15)17-9-14-12-7-8-21(10-12,20(14)27-26-17)18-6-1-3-13(11-24)25-18;2*1-3-2/h1-6,9,11H,7-8,10H2;1-6,9,12H,7-8,10H2;2*3H2,1-2H3/t11-,20+;12-,21+;;/m11../s1. The van der Waals surface area contributed by atoms with Crippen molar-refractivity contribution in [1.82, 2.24) is 30.4 Å². The molecule has 0 radical (unpaired) electrons. The topological polar surface area (TPSA) is 144 Å². The van der Waals surface area contributed by atoms with Gasteiger partial charge in [-0.1, -0.05) is 64.8 Å². The van der Waals surface area contributed by atoms with Crippen molar-refractivity contribution in [3.63, 3.8) is 0 Å². The Morgan fingerprint density at radius 3 is 1.48 bits per heavy atom. The van der Waals surface area contributed by atoms with Gasteiger partial charge in [0.05, 0.1) is 56.1 Å². The second-order valence-electron chi connectivity index (χ2n) is 16.6. The van der Waals surface area contributed by atoms with Crippen LogP contribution in [-0.2, 0) is 20.9 Å². The SMILES string of the molecule is CCC.CCC.N#Cc1cccc([C@]23CC[C@H](C2)c2cc(-c4c(F)cccc4F)nnc23)n1.O=S(=O)(Oc1cccc([C@]23CC[C@H](C2)c2cc(-c4c(F)cccc4F)nnc23)n1)C(F)(F)F. The van der Waals surface area contributed by atoms with Gasteiger partial charge in [-0.15, -0.1) is 10.2 Å². The molecule has 66 heavy (non-hydrogen) atoms. The summed E-state index contributed by atoms with van der Waals surface area (Å²) in [6, 6.07) is 22.0. The Morgan fingerprint density at radius 1 is 0.652 bits per heavy atom. The molecule has 2 saturated carbocycles. The number of pyridine rings is 2. The van der Waals surface area contributed by atoms with Crippen molar-refractivity contribution < 1.29 is 43.3 Å². The number of alkyl halides is 3. The fraction of sp³-hybridized carbons (Fsp3) is 0.354. The molecule has 4 heterocycles. The molecule has 4 aromatic heterocycles. The van der Waals surface area contributed by atoms with Crippen molar-refractivity contribution in [2.75, 3.05) is 0 Å². The maximum atomic E-state index is 14.2. The van der Waals surface area contributed by atoms with E-state index in [-0.39, 0.29) is 45.5 Å². The number of nitrogens with zero attached hydrogens (tertiary/aromatic N) is 7. The lowest BCUT2D eigenvalue weighted by atomic mass is 9.79. The summed E-state index contributed by atoms with van der Waals surface area (Å²) in [5.41, 5.74) is -2.45. The number of aromatic nitrogens is 6. The molecule has 4 aliphatic rings. The Balaban J connectivity index is 0.000000178. The van der Waals surface area contributed by atoms with Crippen molar-refractivity contribution in [3.8, 4) is 34.5 Å². The van der Waals surface area contributed by atoms with E-state index in [0.29, 0.717) is 30.7 Å². The number of fused-ring (bicyclic) bond motifs is 10. The molecule has 4 aliphatic carbocycles. The van der Waals surface area contributed by atoms with E-state index in [2.05, 4.69) is 68.3 Å². The summed E-state index contributed by atoms with van der Waals surface area (Å²) in [5.74, 6) is -3.32. The molecule has 0 amide bonds.